The molecule has 0 unspecified atom stereocenters. The van der Waals surface area contributed by atoms with Gasteiger partial charge >= 0.3 is 5.97 Å². The van der Waals surface area contributed by atoms with Crippen LogP contribution in [0.1, 0.15) is 23.1 Å². The van der Waals surface area contributed by atoms with E-state index in [4.69, 9.17) is 14.2 Å². The van der Waals surface area contributed by atoms with E-state index in [2.05, 4.69) is 4.94 Å². The van der Waals surface area contributed by atoms with E-state index in [1.807, 2.05) is 36.4 Å². The molecule has 0 aliphatic carbocycles. The zero-order valence-corrected chi connectivity index (χ0v) is 19.3. The van der Waals surface area contributed by atoms with Gasteiger partial charge in [0.1, 0.15) is 11.5 Å². The fourth-order valence-electron chi connectivity index (χ4n) is 3.53. The molecule has 3 aromatic rings. The lowest BCUT2D eigenvalue weighted by atomic mass is 10.0. The molecular formula is C27H24FNO6. The molecule has 0 atom stereocenters. The highest BCUT2D eigenvalue weighted by Gasteiger charge is 2.17. The Morgan fingerprint density at radius 2 is 1.60 bits per heavy atom. The molecule has 0 N–H and O–H groups in total. The third kappa shape index (κ3) is 5.97. The molecule has 0 saturated carbocycles. The maximum Gasteiger partial charge on any atom is 0.349 e. The largest absolute Gasteiger partial charge is 0.457 e. The molecule has 0 spiro atoms. The lowest BCUT2D eigenvalue weighted by Crippen LogP contribution is -2.22. The second-order valence-electron chi connectivity index (χ2n) is 8.09. The number of fused-ring (bicyclic) bond motifs is 1. The molecule has 35 heavy (non-hydrogen) atoms. The molecule has 8 heteroatoms. The number of ether oxygens (including phenoxy) is 3. The number of carbonyl (C=O) groups excluding carboxylic acids is 2. The number of benzene rings is 3. The Bertz CT molecular complexity index is 1240. The Balaban J connectivity index is 1.50. The van der Waals surface area contributed by atoms with Gasteiger partial charge in [-0.05, 0) is 65.6 Å². The Morgan fingerprint density at radius 1 is 0.943 bits per heavy atom. The molecule has 3 aromatic carbocycles. The molecule has 180 valence electrons. The number of carbonyl (C=O) groups is 2. The number of nitrogens with zero attached hydrogens (tertiary/aromatic N) is 1. The summed E-state index contributed by atoms with van der Waals surface area (Å²) in [5, 5.41) is 0. The Labute approximate surface area is 202 Å². The topological polar surface area (TPSA) is 74.3 Å². The number of halogens is 1. The van der Waals surface area contributed by atoms with Gasteiger partial charge in [-0.25, -0.2) is 4.79 Å². The van der Waals surface area contributed by atoms with Crippen molar-refractivity contribution in [1.82, 2.24) is 4.90 Å². The predicted octanol–water partition coefficient (Wildman–Crippen LogP) is 5.20. The van der Waals surface area contributed by atoms with Crippen molar-refractivity contribution < 1.29 is 33.3 Å². The summed E-state index contributed by atoms with van der Waals surface area (Å²) in [5.41, 5.74) is 2.94. The number of aryl methyl sites for hydroxylation is 1. The summed E-state index contributed by atoms with van der Waals surface area (Å²) in [7, 11) is 3.41. The molecule has 1 aliphatic heterocycles. The second kappa shape index (κ2) is 10.7. The van der Waals surface area contributed by atoms with E-state index < -0.39 is 5.97 Å². The molecular weight excluding hydrogens is 453 g/mol. The van der Waals surface area contributed by atoms with Gasteiger partial charge in [-0.15, -0.1) is 0 Å². The highest BCUT2D eigenvalue weighted by molar-refractivity contribution is 6.24. The van der Waals surface area contributed by atoms with E-state index in [1.54, 1.807) is 50.5 Å². The molecule has 0 radical (unpaired) electrons. The standard InChI is InChI=1S/C27H24FNO6/c1-29(2)27(31)23(15-19-5-13-24-25(16-19)33-17-32-24)20-7-11-22(12-8-20)34-21-9-3-18(4-10-21)6-14-26(30)35-28/h3-5,7-13,15-16H,6,14,17H2,1-2H3/b23-15+. The van der Waals surface area contributed by atoms with Crippen molar-refractivity contribution in [3.8, 4) is 23.0 Å². The minimum absolute atomic E-state index is 0.0358. The number of rotatable bonds is 8. The molecule has 0 saturated heterocycles. The molecule has 1 aliphatic rings. The van der Waals surface area contributed by atoms with Crippen LogP contribution in [0.3, 0.4) is 0 Å². The molecule has 0 aromatic heterocycles. The number of amides is 1. The highest BCUT2D eigenvalue weighted by atomic mass is 19.3. The van der Waals surface area contributed by atoms with E-state index >= 15 is 0 Å². The number of likely N-dealkylation sites (N-methyl/N-ethyl adjacent to an activating group) is 1. The van der Waals surface area contributed by atoms with E-state index in [-0.39, 0.29) is 19.1 Å². The summed E-state index contributed by atoms with van der Waals surface area (Å²) in [6.07, 6.45) is 2.15. The summed E-state index contributed by atoms with van der Waals surface area (Å²) in [5.74, 6) is 1.50. The molecule has 1 heterocycles. The van der Waals surface area contributed by atoms with Crippen molar-refractivity contribution in [2.45, 2.75) is 12.8 Å². The highest BCUT2D eigenvalue weighted by Crippen LogP contribution is 2.34. The minimum atomic E-state index is -0.898. The summed E-state index contributed by atoms with van der Waals surface area (Å²) < 4.78 is 28.5. The van der Waals surface area contributed by atoms with Gasteiger partial charge in [0.05, 0.1) is 6.42 Å². The quantitative estimate of drug-likeness (QED) is 0.328. The van der Waals surface area contributed by atoms with Gasteiger partial charge in [0.25, 0.3) is 5.91 Å². The van der Waals surface area contributed by atoms with Crippen LogP contribution in [0.2, 0.25) is 0 Å². The van der Waals surface area contributed by atoms with Crippen LogP contribution < -0.4 is 14.2 Å². The van der Waals surface area contributed by atoms with E-state index in [0.29, 0.717) is 35.0 Å². The first-order valence-electron chi connectivity index (χ1n) is 10.9. The zero-order valence-electron chi connectivity index (χ0n) is 19.3. The van der Waals surface area contributed by atoms with Crippen molar-refractivity contribution >= 4 is 23.5 Å². The predicted molar refractivity (Wildman–Crippen MR) is 128 cm³/mol. The van der Waals surface area contributed by atoms with Crippen LogP contribution >= 0.6 is 0 Å². The average Bonchev–Trinajstić information content (AvgIpc) is 3.35. The molecule has 7 nitrogen and oxygen atoms in total. The van der Waals surface area contributed by atoms with Crippen LogP contribution in [0.15, 0.2) is 66.7 Å². The Hall–Kier alpha value is -4.33. The van der Waals surface area contributed by atoms with Gasteiger partial charge in [0, 0.05) is 24.2 Å². The first-order valence-corrected chi connectivity index (χ1v) is 10.9. The van der Waals surface area contributed by atoms with Gasteiger partial charge in [-0.1, -0.05) is 30.3 Å². The summed E-state index contributed by atoms with van der Waals surface area (Å²) >= 11 is 0. The van der Waals surface area contributed by atoms with Crippen molar-refractivity contribution in [1.29, 1.82) is 0 Å². The monoisotopic (exact) mass is 477 g/mol. The Kier molecular flexibility index (Phi) is 7.30. The minimum Gasteiger partial charge on any atom is -0.457 e. The van der Waals surface area contributed by atoms with E-state index in [0.717, 1.165) is 16.7 Å². The normalized spacial score (nSPS) is 12.3. The SMILES string of the molecule is CN(C)C(=O)/C(=C/c1ccc2c(c1)OCO2)c1ccc(Oc2ccc(CCC(=O)OF)cc2)cc1. The van der Waals surface area contributed by atoms with E-state index in [1.165, 1.54) is 4.90 Å². The smallest absolute Gasteiger partial charge is 0.349 e. The van der Waals surface area contributed by atoms with Crippen LogP contribution in [0.5, 0.6) is 23.0 Å². The fourth-order valence-corrected chi connectivity index (χ4v) is 3.53. The molecule has 0 bridgehead atoms. The van der Waals surface area contributed by atoms with Gasteiger partial charge in [0.2, 0.25) is 6.79 Å². The van der Waals surface area contributed by atoms with E-state index in [9.17, 15) is 14.1 Å². The van der Waals surface area contributed by atoms with Crippen molar-refractivity contribution in [3.63, 3.8) is 0 Å². The van der Waals surface area contributed by atoms with Crippen molar-refractivity contribution in [2.75, 3.05) is 20.9 Å². The van der Waals surface area contributed by atoms with Gasteiger partial charge in [-0.2, -0.15) is 0 Å². The zero-order chi connectivity index (χ0) is 24.8. The molecule has 4 rings (SSSR count). The maximum atomic E-state index is 12.9. The first-order chi connectivity index (χ1) is 16.9. The second-order valence-corrected chi connectivity index (χ2v) is 8.09. The van der Waals surface area contributed by atoms with Crippen LogP contribution in [-0.2, 0) is 21.0 Å². The first kappa shape index (κ1) is 23.8. The summed E-state index contributed by atoms with van der Waals surface area (Å²) in [6.45, 7) is 0.184. The molecule has 1 amide bonds. The van der Waals surface area contributed by atoms with Gasteiger partial charge in [-0.3, -0.25) is 9.74 Å². The summed E-state index contributed by atoms with van der Waals surface area (Å²) in [6, 6.07) is 19.9. The van der Waals surface area contributed by atoms with Crippen LogP contribution in [0, 0.1) is 0 Å². The number of hydrogen-bond donors (Lipinski definition) is 0. The number of hydrogen-bond acceptors (Lipinski definition) is 6. The molecule has 0 fully saturated rings. The lowest BCUT2D eigenvalue weighted by molar-refractivity contribution is -0.183. The van der Waals surface area contributed by atoms with Crippen LogP contribution in [0.25, 0.3) is 11.6 Å². The van der Waals surface area contributed by atoms with Crippen molar-refractivity contribution in [3.05, 3.63) is 83.4 Å². The summed E-state index contributed by atoms with van der Waals surface area (Å²) in [4.78, 5) is 28.6. The average molecular weight is 477 g/mol. The van der Waals surface area contributed by atoms with Crippen LogP contribution in [-0.4, -0.2) is 37.7 Å². The van der Waals surface area contributed by atoms with Gasteiger partial charge < -0.3 is 19.1 Å². The van der Waals surface area contributed by atoms with Crippen molar-refractivity contribution in [2.24, 2.45) is 0 Å². The lowest BCUT2D eigenvalue weighted by Gasteiger charge is -2.15. The van der Waals surface area contributed by atoms with Gasteiger partial charge in [0.15, 0.2) is 11.5 Å². The van der Waals surface area contributed by atoms with Crippen LogP contribution in [0.4, 0.5) is 4.53 Å². The third-order valence-corrected chi connectivity index (χ3v) is 5.37. The third-order valence-electron chi connectivity index (χ3n) is 5.37. The fraction of sp³-hybridized carbons (Fsp3) is 0.185. The maximum absolute atomic E-state index is 12.9. The Morgan fingerprint density at radius 3 is 2.26 bits per heavy atom.